The Morgan fingerprint density at radius 3 is 2.86 bits per heavy atom. The molecule has 3 rings (SSSR count). The van der Waals surface area contributed by atoms with E-state index < -0.39 is 0 Å². The van der Waals surface area contributed by atoms with Crippen LogP contribution in [0, 0.1) is 0 Å². The van der Waals surface area contributed by atoms with Crippen LogP contribution in [0.2, 0.25) is 0 Å². The molecule has 1 aromatic carbocycles. The maximum atomic E-state index is 12.1. The SMILES string of the molecule is COCc1cc(=O)n2[nH]c(-c3cccc(OC)c3)cc2n1. The predicted octanol–water partition coefficient (Wildman–Crippen LogP) is 1.84. The van der Waals surface area contributed by atoms with Crippen molar-refractivity contribution in [3.63, 3.8) is 0 Å². The number of nitrogens with one attached hydrogen (secondary N) is 1. The quantitative estimate of drug-likeness (QED) is 0.794. The van der Waals surface area contributed by atoms with Crippen molar-refractivity contribution in [3.05, 3.63) is 52.4 Å². The van der Waals surface area contributed by atoms with Crippen LogP contribution in [-0.2, 0) is 11.3 Å². The summed E-state index contributed by atoms with van der Waals surface area (Å²) in [5.74, 6) is 0.756. The van der Waals surface area contributed by atoms with Gasteiger partial charge >= 0.3 is 0 Å². The average molecular weight is 285 g/mol. The molecule has 0 saturated heterocycles. The summed E-state index contributed by atoms with van der Waals surface area (Å²) in [5.41, 5.74) is 2.73. The normalized spacial score (nSPS) is 11.0. The standard InChI is InChI=1S/C15H15N3O3/c1-20-9-11-7-15(19)18-14(16-11)8-13(17-18)10-4-3-5-12(6-10)21-2/h3-8,17H,9H2,1-2H3. The van der Waals surface area contributed by atoms with Crippen molar-refractivity contribution in [1.29, 1.82) is 0 Å². The number of aromatic amines is 1. The van der Waals surface area contributed by atoms with Gasteiger partial charge in [-0.3, -0.25) is 9.89 Å². The van der Waals surface area contributed by atoms with Crippen molar-refractivity contribution in [2.75, 3.05) is 14.2 Å². The largest absolute Gasteiger partial charge is 0.497 e. The molecule has 21 heavy (non-hydrogen) atoms. The maximum absolute atomic E-state index is 12.1. The number of rotatable bonds is 4. The Hall–Kier alpha value is -2.60. The van der Waals surface area contributed by atoms with Crippen molar-refractivity contribution in [1.82, 2.24) is 14.6 Å². The number of fused-ring (bicyclic) bond motifs is 1. The van der Waals surface area contributed by atoms with E-state index in [1.807, 2.05) is 30.3 Å². The van der Waals surface area contributed by atoms with Gasteiger partial charge in [-0.1, -0.05) is 12.1 Å². The number of benzene rings is 1. The van der Waals surface area contributed by atoms with E-state index in [1.165, 1.54) is 10.6 Å². The zero-order valence-corrected chi connectivity index (χ0v) is 11.8. The molecule has 2 aromatic heterocycles. The van der Waals surface area contributed by atoms with E-state index in [1.54, 1.807) is 14.2 Å². The molecule has 2 heterocycles. The van der Waals surface area contributed by atoms with E-state index in [0.29, 0.717) is 17.9 Å². The number of hydrogen-bond acceptors (Lipinski definition) is 4. The molecule has 0 aliphatic rings. The zero-order valence-electron chi connectivity index (χ0n) is 11.8. The fourth-order valence-electron chi connectivity index (χ4n) is 2.20. The molecule has 0 atom stereocenters. The number of aromatic nitrogens is 3. The molecule has 0 saturated carbocycles. The molecule has 0 radical (unpaired) electrons. The first-order valence-electron chi connectivity index (χ1n) is 6.46. The van der Waals surface area contributed by atoms with E-state index in [9.17, 15) is 4.79 Å². The first-order chi connectivity index (χ1) is 10.2. The molecular weight excluding hydrogens is 270 g/mol. The molecule has 0 fully saturated rings. The summed E-state index contributed by atoms with van der Waals surface area (Å²) in [4.78, 5) is 16.4. The topological polar surface area (TPSA) is 68.6 Å². The fraction of sp³-hybridized carbons (Fsp3) is 0.200. The second kappa shape index (κ2) is 5.41. The van der Waals surface area contributed by atoms with Crippen molar-refractivity contribution in [2.24, 2.45) is 0 Å². The van der Waals surface area contributed by atoms with Crippen LogP contribution in [-0.4, -0.2) is 28.8 Å². The van der Waals surface area contributed by atoms with Crippen LogP contribution in [0.15, 0.2) is 41.2 Å². The van der Waals surface area contributed by atoms with E-state index >= 15 is 0 Å². The summed E-state index contributed by atoms with van der Waals surface area (Å²) in [6.07, 6.45) is 0. The summed E-state index contributed by atoms with van der Waals surface area (Å²) in [6, 6.07) is 10.9. The van der Waals surface area contributed by atoms with Gasteiger partial charge < -0.3 is 9.47 Å². The summed E-state index contributed by atoms with van der Waals surface area (Å²) in [6.45, 7) is 0.311. The predicted molar refractivity (Wildman–Crippen MR) is 78.5 cm³/mol. The van der Waals surface area contributed by atoms with Gasteiger partial charge in [0.1, 0.15) is 5.75 Å². The Bertz CT molecular complexity index is 836. The highest BCUT2D eigenvalue weighted by molar-refractivity contribution is 5.65. The number of H-pyrrole nitrogens is 1. The van der Waals surface area contributed by atoms with Gasteiger partial charge in [-0.2, -0.15) is 0 Å². The van der Waals surface area contributed by atoms with Gasteiger partial charge in [0.15, 0.2) is 5.65 Å². The van der Waals surface area contributed by atoms with E-state index in [4.69, 9.17) is 9.47 Å². The van der Waals surface area contributed by atoms with Crippen LogP contribution >= 0.6 is 0 Å². The average Bonchev–Trinajstić information content (AvgIpc) is 2.92. The molecule has 0 aliphatic carbocycles. The number of methoxy groups -OCH3 is 2. The Kier molecular flexibility index (Phi) is 3.45. The summed E-state index contributed by atoms with van der Waals surface area (Å²) >= 11 is 0. The lowest BCUT2D eigenvalue weighted by Gasteiger charge is -2.01. The van der Waals surface area contributed by atoms with Gasteiger partial charge in [0, 0.05) is 24.8 Å². The highest BCUT2D eigenvalue weighted by Crippen LogP contribution is 2.23. The Morgan fingerprint density at radius 1 is 1.24 bits per heavy atom. The van der Waals surface area contributed by atoms with Gasteiger partial charge in [0.2, 0.25) is 0 Å². The second-order valence-corrected chi connectivity index (χ2v) is 4.61. The van der Waals surface area contributed by atoms with E-state index in [0.717, 1.165) is 17.0 Å². The number of nitrogens with zero attached hydrogens (tertiary/aromatic N) is 2. The highest BCUT2D eigenvalue weighted by Gasteiger charge is 2.08. The Balaban J connectivity index is 2.12. The Morgan fingerprint density at radius 2 is 2.10 bits per heavy atom. The molecule has 0 unspecified atom stereocenters. The van der Waals surface area contributed by atoms with Crippen LogP contribution in [0.3, 0.4) is 0 Å². The van der Waals surface area contributed by atoms with Crippen molar-refractivity contribution >= 4 is 5.65 Å². The smallest absolute Gasteiger partial charge is 0.272 e. The maximum Gasteiger partial charge on any atom is 0.272 e. The van der Waals surface area contributed by atoms with Gasteiger partial charge in [0.25, 0.3) is 5.56 Å². The van der Waals surface area contributed by atoms with Crippen LogP contribution in [0.1, 0.15) is 5.69 Å². The third-order valence-corrected chi connectivity index (χ3v) is 3.18. The summed E-state index contributed by atoms with van der Waals surface area (Å²) in [7, 11) is 3.19. The molecule has 6 heteroatoms. The minimum Gasteiger partial charge on any atom is -0.497 e. The van der Waals surface area contributed by atoms with Gasteiger partial charge in [-0.05, 0) is 12.1 Å². The lowest BCUT2D eigenvalue weighted by molar-refractivity contribution is 0.181. The van der Waals surface area contributed by atoms with Crippen LogP contribution < -0.4 is 10.3 Å². The molecule has 0 spiro atoms. The van der Waals surface area contributed by atoms with Crippen molar-refractivity contribution in [2.45, 2.75) is 6.61 Å². The lowest BCUT2D eigenvalue weighted by atomic mass is 10.1. The minimum atomic E-state index is -0.166. The molecule has 1 N–H and O–H groups in total. The number of hydrogen-bond donors (Lipinski definition) is 1. The highest BCUT2D eigenvalue weighted by atomic mass is 16.5. The summed E-state index contributed by atoms with van der Waals surface area (Å²) < 4.78 is 11.6. The van der Waals surface area contributed by atoms with Gasteiger partial charge in [-0.25, -0.2) is 9.50 Å². The van der Waals surface area contributed by atoms with Gasteiger partial charge in [-0.15, -0.1) is 0 Å². The first-order valence-corrected chi connectivity index (χ1v) is 6.46. The van der Waals surface area contributed by atoms with Crippen molar-refractivity contribution < 1.29 is 9.47 Å². The minimum absolute atomic E-state index is 0.166. The molecule has 6 nitrogen and oxygen atoms in total. The van der Waals surface area contributed by atoms with Crippen LogP contribution in [0.4, 0.5) is 0 Å². The molecule has 3 aromatic rings. The van der Waals surface area contributed by atoms with E-state index in [2.05, 4.69) is 10.1 Å². The third-order valence-electron chi connectivity index (χ3n) is 3.18. The molecule has 0 amide bonds. The fourth-order valence-corrected chi connectivity index (χ4v) is 2.20. The van der Waals surface area contributed by atoms with Crippen LogP contribution in [0.5, 0.6) is 5.75 Å². The molecule has 0 aliphatic heterocycles. The monoisotopic (exact) mass is 285 g/mol. The van der Waals surface area contributed by atoms with Crippen LogP contribution in [0.25, 0.3) is 16.9 Å². The molecular formula is C15H15N3O3. The molecule has 108 valence electrons. The second-order valence-electron chi connectivity index (χ2n) is 4.61. The number of ether oxygens (including phenoxy) is 2. The third kappa shape index (κ3) is 2.53. The van der Waals surface area contributed by atoms with Gasteiger partial charge in [0.05, 0.1) is 25.1 Å². The molecule has 0 bridgehead atoms. The lowest BCUT2D eigenvalue weighted by Crippen LogP contribution is -2.15. The Labute approximate surface area is 120 Å². The van der Waals surface area contributed by atoms with E-state index in [-0.39, 0.29) is 5.56 Å². The van der Waals surface area contributed by atoms with Crippen molar-refractivity contribution in [3.8, 4) is 17.0 Å². The summed E-state index contributed by atoms with van der Waals surface area (Å²) in [5, 5.41) is 3.05. The zero-order chi connectivity index (χ0) is 14.8. The first kappa shape index (κ1) is 13.4.